The molecule has 0 amide bonds. The van der Waals surface area contributed by atoms with E-state index in [1.807, 2.05) is 13.0 Å². The van der Waals surface area contributed by atoms with Crippen LogP contribution in [0.1, 0.15) is 96.3 Å². The molecule has 3 aromatic carbocycles. The average molecular weight is 595 g/mol. The zero-order valence-electron chi connectivity index (χ0n) is 25.6. The van der Waals surface area contributed by atoms with E-state index in [9.17, 15) is 8.78 Å². The Balaban J connectivity index is 1.29. The predicted molar refractivity (Wildman–Crippen MR) is 167 cm³/mol. The second kappa shape index (κ2) is 17.3. The summed E-state index contributed by atoms with van der Waals surface area (Å²) in [6.45, 7) is 5.49. The Kier molecular flexibility index (Phi) is 13.2. The standard InChI is InChI=1S/C37H45F3O3/c1-3-5-7-8-9-10-11-12-14-27-25-42-37(43-26-27)30-19-20-31(33(38)24-30)28-15-17-29(18-16-28)32-21-22-34(36(40)35(32)39)41-23-13-6-4-2/h13,15-24,27,37H,3-12,14,25-26H2,1-2H3/b23-13-. The van der Waals surface area contributed by atoms with E-state index < -0.39 is 23.7 Å². The summed E-state index contributed by atoms with van der Waals surface area (Å²) in [4.78, 5) is 0. The lowest BCUT2D eigenvalue weighted by molar-refractivity contribution is -0.206. The van der Waals surface area contributed by atoms with Crippen LogP contribution >= 0.6 is 0 Å². The van der Waals surface area contributed by atoms with E-state index in [0.717, 1.165) is 19.3 Å². The van der Waals surface area contributed by atoms with Gasteiger partial charge in [0.1, 0.15) is 5.82 Å². The van der Waals surface area contributed by atoms with Crippen molar-refractivity contribution in [3.05, 3.63) is 90.0 Å². The van der Waals surface area contributed by atoms with Crippen LogP contribution < -0.4 is 4.74 Å². The number of unbranched alkanes of at least 4 members (excludes halogenated alkanes) is 8. The summed E-state index contributed by atoms with van der Waals surface area (Å²) in [5.74, 6) is -2.22. The Labute approximate surface area is 255 Å². The maximum absolute atomic E-state index is 15.2. The predicted octanol–water partition coefficient (Wildman–Crippen LogP) is 11.3. The first-order chi connectivity index (χ1) is 21.0. The Morgan fingerprint density at radius 1 is 0.721 bits per heavy atom. The second-order valence-electron chi connectivity index (χ2n) is 11.5. The van der Waals surface area contributed by atoms with Crippen molar-refractivity contribution in [1.82, 2.24) is 0 Å². The molecule has 0 aliphatic carbocycles. The van der Waals surface area contributed by atoms with E-state index in [-0.39, 0.29) is 11.3 Å². The molecule has 1 aliphatic rings. The molecule has 6 heteroatoms. The molecule has 0 bridgehead atoms. The van der Waals surface area contributed by atoms with Crippen LogP contribution in [0.15, 0.2) is 66.9 Å². The van der Waals surface area contributed by atoms with E-state index in [1.54, 1.807) is 36.4 Å². The Morgan fingerprint density at radius 3 is 2.00 bits per heavy atom. The molecule has 0 unspecified atom stereocenters. The largest absolute Gasteiger partial charge is 0.462 e. The molecule has 0 spiro atoms. The molecular formula is C37H45F3O3. The summed E-state index contributed by atoms with van der Waals surface area (Å²) in [6, 6.07) is 14.6. The lowest BCUT2D eigenvalue weighted by Gasteiger charge is -2.29. The second-order valence-corrected chi connectivity index (χ2v) is 11.5. The van der Waals surface area contributed by atoms with Gasteiger partial charge in [0, 0.05) is 22.6 Å². The molecule has 1 heterocycles. The molecule has 1 saturated heterocycles. The van der Waals surface area contributed by atoms with Gasteiger partial charge in [-0.15, -0.1) is 0 Å². The van der Waals surface area contributed by atoms with Crippen LogP contribution in [0.2, 0.25) is 0 Å². The molecule has 4 rings (SSSR count). The minimum absolute atomic E-state index is 0.108. The highest BCUT2D eigenvalue weighted by Crippen LogP contribution is 2.34. The van der Waals surface area contributed by atoms with Gasteiger partial charge in [-0.25, -0.2) is 8.78 Å². The van der Waals surface area contributed by atoms with Gasteiger partial charge in [-0.1, -0.05) is 108 Å². The van der Waals surface area contributed by atoms with Crippen LogP contribution in [-0.2, 0) is 9.47 Å². The highest BCUT2D eigenvalue weighted by atomic mass is 19.2. The average Bonchev–Trinajstić information content (AvgIpc) is 3.03. The Bertz CT molecular complexity index is 1300. The van der Waals surface area contributed by atoms with Crippen LogP contribution in [0.25, 0.3) is 22.3 Å². The molecule has 0 radical (unpaired) electrons. The zero-order valence-corrected chi connectivity index (χ0v) is 25.6. The maximum atomic E-state index is 15.2. The van der Waals surface area contributed by atoms with Crippen LogP contribution in [0, 0.1) is 23.4 Å². The first kappa shape index (κ1) is 32.8. The summed E-state index contributed by atoms with van der Waals surface area (Å²) in [7, 11) is 0. The summed E-state index contributed by atoms with van der Waals surface area (Å²) >= 11 is 0. The van der Waals surface area contributed by atoms with E-state index in [1.165, 1.54) is 75.8 Å². The number of hydrogen-bond donors (Lipinski definition) is 0. The molecule has 1 fully saturated rings. The van der Waals surface area contributed by atoms with Gasteiger partial charge < -0.3 is 14.2 Å². The fourth-order valence-corrected chi connectivity index (χ4v) is 5.41. The first-order valence-electron chi connectivity index (χ1n) is 15.9. The monoisotopic (exact) mass is 594 g/mol. The lowest BCUT2D eigenvalue weighted by atomic mass is 9.98. The van der Waals surface area contributed by atoms with Crippen molar-refractivity contribution in [2.24, 2.45) is 5.92 Å². The number of hydrogen-bond acceptors (Lipinski definition) is 3. The number of ether oxygens (including phenoxy) is 3. The minimum atomic E-state index is -1.05. The molecule has 43 heavy (non-hydrogen) atoms. The third-order valence-electron chi connectivity index (χ3n) is 8.00. The van der Waals surface area contributed by atoms with E-state index >= 15 is 4.39 Å². The van der Waals surface area contributed by atoms with E-state index in [0.29, 0.717) is 41.4 Å². The lowest BCUT2D eigenvalue weighted by Crippen LogP contribution is -2.27. The molecule has 0 atom stereocenters. The topological polar surface area (TPSA) is 27.7 Å². The normalized spacial score (nSPS) is 17.0. The summed E-state index contributed by atoms with van der Waals surface area (Å²) in [5, 5.41) is 0. The number of allylic oxidation sites excluding steroid dienone is 1. The molecule has 0 N–H and O–H groups in total. The fraction of sp³-hybridized carbons (Fsp3) is 0.459. The van der Waals surface area contributed by atoms with Gasteiger partial charge in [-0.05, 0) is 48.2 Å². The van der Waals surface area contributed by atoms with Gasteiger partial charge in [0.15, 0.2) is 17.9 Å². The van der Waals surface area contributed by atoms with Gasteiger partial charge in [-0.2, -0.15) is 4.39 Å². The summed E-state index contributed by atoms with van der Waals surface area (Å²) in [5.41, 5.74) is 2.28. The van der Waals surface area contributed by atoms with E-state index in [2.05, 4.69) is 6.92 Å². The van der Waals surface area contributed by atoms with Crippen LogP contribution in [0.5, 0.6) is 5.75 Å². The van der Waals surface area contributed by atoms with E-state index in [4.69, 9.17) is 14.2 Å². The van der Waals surface area contributed by atoms with Gasteiger partial charge in [0.2, 0.25) is 5.82 Å². The first-order valence-corrected chi connectivity index (χ1v) is 15.9. The third kappa shape index (κ3) is 9.45. The number of benzene rings is 3. The molecule has 1 aliphatic heterocycles. The maximum Gasteiger partial charge on any atom is 0.201 e. The van der Waals surface area contributed by atoms with Crippen molar-refractivity contribution in [3.63, 3.8) is 0 Å². The SMILES string of the molecule is CCC/C=C\Oc1ccc(-c2ccc(-c3ccc(C4OCC(CCCCCCCCCC)CO4)cc3F)cc2)c(F)c1F. The van der Waals surface area contributed by atoms with Crippen molar-refractivity contribution >= 4 is 0 Å². The van der Waals surface area contributed by atoms with Crippen LogP contribution in [0.3, 0.4) is 0 Å². The van der Waals surface area contributed by atoms with Crippen LogP contribution in [0.4, 0.5) is 13.2 Å². The van der Waals surface area contributed by atoms with Crippen molar-refractivity contribution in [2.45, 2.75) is 90.8 Å². The quantitative estimate of drug-likeness (QED) is 0.122. The van der Waals surface area contributed by atoms with Gasteiger partial charge in [0.05, 0.1) is 19.5 Å². The van der Waals surface area contributed by atoms with Crippen molar-refractivity contribution in [3.8, 4) is 28.0 Å². The van der Waals surface area contributed by atoms with Crippen LogP contribution in [-0.4, -0.2) is 13.2 Å². The molecule has 3 aromatic rings. The van der Waals surface area contributed by atoms with Crippen molar-refractivity contribution < 1.29 is 27.4 Å². The smallest absolute Gasteiger partial charge is 0.201 e. The summed E-state index contributed by atoms with van der Waals surface area (Å²) < 4.78 is 61.8. The third-order valence-corrected chi connectivity index (χ3v) is 8.00. The molecule has 0 saturated carbocycles. The molecular weight excluding hydrogens is 549 g/mol. The Morgan fingerprint density at radius 2 is 1.35 bits per heavy atom. The highest BCUT2D eigenvalue weighted by Gasteiger charge is 2.24. The fourth-order valence-electron chi connectivity index (χ4n) is 5.41. The van der Waals surface area contributed by atoms with Crippen molar-refractivity contribution in [1.29, 1.82) is 0 Å². The van der Waals surface area contributed by atoms with Gasteiger partial charge in [0.25, 0.3) is 0 Å². The van der Waals surface area contributed by atoms with Crippen molar-refractivity contribution in [2.75, 3.05) is 13.2 Å². The summed E-state index contributed by atoms with van der Waals surface area (Å²) in [6.07, 6.45) is 15.8. The zero-order chi connectivity index (χ0) is 30.4. The Hall–Kier alpha value is -3.09. The molecule has 3 nitrogen and oxygen atoms in total. The molecule has 232 valence electrons. The highest BCUT2D eigenvalue weighted by molar-refractivity contribution is 5.71. The van der Waals surface area contributed by atoms with Gasteiger partial charge in [-0.3, -0.25) is 0 Å². The number of halogens is 3. The van der Waals surface area contributed by atoms with Gasteiger partial charge >= 0.3 is 0 Å². The molecule has 0 aromatic heterocycles. The number of rotatable bonds is 16. The minimum Gasteiger partial charge on any atom is -0.462 e.